The molecule has 2 fully saturated rings. The van der Waals surface area contributed by atoms with Gasteiger partial charge >= 0.3 is 5.97 Å². The van der Waals surface area contributed by atoms with Gasteiger partial charge in [-0.25, -0.2) is 0 Å². The summed E-state index contributed by atoms with van der Waals surface area (Å²) < 4.78 is 0. The van der Waals surface area contributed by atoms with E-state index in [1.807, 2.05) is 0 Å². The zero-order valence-corrected chi connectivity index (χ0v) is 12.1. The summed E-state index contributed by atoms with van der Waals surface area (Å²) in [5, 5.41) is 12.1. The molecule has 0 unspecified atom stereocenters. The summed E-state index contributed by atoms with van der Waals surface area (Å²) in [4.78, 5) is 23.4. The molecule has 2 aliphatic carbocycles. The van der Waals surface area contributed by atoms with Crippen LogP contribution in [0.3, 0.4) is 0 Å². The highest BCUT2D eigenvalue weighted by Gasteiger charge is 2.44. The predicted molar refractivity (Wildman–Crippen MR) is 76.1 cm³/mol. The highest BCUT2D eigenvalue weighted by Crippen LogP contribution is 2.42. The minimum Gasteiger partial charge on any atom is -0.481 e. The van der Waals surface area contributed by atoms with Crippen molar-refractivity contribution in [3.63, 3.8) is 0 Å². The highest BCUT2D eigenvalue weighted by molar-refractivity contribution is 5.83. The normalized spacial score (nSPS) is 23.6. The molecule has 5 nitrogen and oxygen atoms in total. The number of rotatable bonds is 6. The van der Waals surface area contributed by atoms with Crippen LogP contribution in [0.5, 0.6) is 0 Å². The number of carbonyl (C=O) groups excluding carboxylic acids is 1. The number of hydrogen-bond donors (Lipinski definition) is 3. The second-order valence-electron chi connectivity index (χ2n) is 6.65. The van der Waals surface area contributed by atoms with Crippen LogP contribution in [-0.2, 0) is 9.59 Å². The first kappa shape index (κ1) is 15.3. The summed E-state index contributed by atoms with van der Waals surface area (Å²) in [5.74, 6) is -0.736. The number of amides is 1. The maximum absolute atomic E-state index is 12.3. The van der Waals surface area contributed by atoms with Crippen LogP contribution >= 0.6 is 0 Å². The van der Waals surface area contributed by atoms with Crippen molar-refractivity contribution >= 4 is 11.9 Å². The fraction of sp³-hybridized carbons (Fsp3) is 0.867. The molecule has 0 radical (unpaired) electrons. The summed E-state index contributed by atoms with van der Waals surface area (Å²) in [6, 6.07) is 0. The number of hydrogen-bond acceptors (Lipinski definition) is 3. The molecule has 2 rings (SSSR count). The van der Waals surface area contributed by atoms with Gasteiger partial charge in [0.2, 0.25) is 5.91 Å². The van der Waals surface area contributed by atoms with Crippen molar-refractivity contribution in [1.29, 1.82) is 0 Å². The van der Waals surface area contributed by atoms with Crippen molar-refractivity contribution in [3.8, 4) is 0 Å². The first-order valence-electron chi connectivity index (χ1n) is 7.72. The molecular formula is C15H26N2O3. The number of carbonyl (C=O) groups is 2. The van der Waals surface area contributed by atoms with Crippen molar-refractivity contribution in [2.45, 2.75) is 57.8 Å². The Morgan fingerprint density at radius 2 is 1.70 bits per heavy atom. The van der Waals surface area contributed by atoms with Gasteiger partial charge in [-0.2, -0.15) is 0 Å². The minimum absolute atomic E-state index is 0.0292. The standard InChI is InChI=1S/C15H26N2O3/c16-10-15(7-4-8-15)13(20)17-11-14(9-12(18)19)5-2-1-3-6-14/h1-11,16H2,(H,17,20)(H,18,19). The monoisotopic (exact) mass is 282 g/mol. The van der Waals surface area contributed by atoms with E-state index in [0.717, 1.165) is 44.9 Å². The second kappa shape index (κ2) is 6.12. The number of nitrogens with two attached hydrogens (primary N) is 1. The Morgan fingerprint density at radius 1 is 1.05 bits per heavy atom. The molecule has 0 heterocycles. The molecule has 0 aliphatic heterocycles. The quantitative estimate of drug-likeness (QED) is 0.690. The van der Waals surface area contributed by atoms with Crippen LogP contribution in [0.4, 0.5) is 0 Å². The number of nitrogens with one attached hydrogen (secondary N) is 1. The van der Waals surface area contributed by atoms with Gasteiger partial charge in [-0.05, 0) is 31.1 Å². The topological polar surface area (TPSA) is 92.4 Å². The fourth-order valence-electron chi connectivity index (χ4n) is 3.62. The lowest BCUT2D eigenvalue weighted by molar-refractivity contribution is -0.142. The predicted octanol–water partition coefficient (Wildman–Crippen LogP) is 1.66. The van der Waals surface area contributed by atoms with Crippen LogP contribution in [-0.4, -0.2) is 30.1 Å². The van der Waals surface area contributed by atoms with E-state index >= 15 is 0 Å². The van der Waals surface area contributed by atoms with Gasteiger partial charge in [0.15, 0.2) is 0 Å². The van der Waals surface area contributed by atoms with Crippen LogP contribution < -0.4 is 11.1 Å². The zero-order valence-electron chi connectivity index (χ0n) is 12.1. The van der Waals surface area contributed by atoms with E-state index < -0.39 is 5.97 Å². The Balaban J connectivity index is 1.94. The van der Waals surface area contributed by atoms with Crippen LogP contribution in [0.2, 0.25) is 0 Å². The fourth-order valence-corrected chi connectivity index (χ4v) is 3.62. The second-order valence-corrected chi connectivity index (χ2v) is 6.65. The van der Waals surface area contributed by atoms with Gasteiger partial charge < -0.3 is 16.2 Å². The van der Waals surface area contributed by atoms with Crippen molar-refractivity contribution in [2.75, 3.05) is 13.1 Å². The summed E-state index contributed by atoms with van der Waals surface area (Å²) in [5.41, 5.74) is 5.11. The van der Waals surface area contributed by atoms with E-state index in [9.17, 15) is 9.59 Å². The maximum Gasteiger partial charge on any atom is 0.303 e. The molecular weight excluding hydrogens is 256 g/mol. The SMILES string of the molecule is NCC1(C(=O)NCC2(CC(=O)O)CCCCC2)CCC1. The van der Waals surface area contributed by atoms with Gasteiger partial charge in [-0.15, -0.1) is 0 Å². The third-order valence-electron chi connectivity index (χ3n) is 5.25. The van der Waals surface area contributed by atoms with E-state index in [0.29, 0.717) is 13.1 Å². The van der Waals surface area contributed by atoms with Gasteiger partial charge in [0, 0.05) is 13.1 Å². The van der Waals surface area contributed by atoms with Crippen LogP contribution in [0.1, 0.15) is 57.8 Å². The van der Waals surface area contributed by atoms with E-state index in [4.69, 9.17) is 10.8 Å². The highest BCUT2D eigenvalue weighted by atomic mass is 16.4. The smallest absolute Gasteiger partial charge is 0.303 e. The summed E-state index contributed by atoms with van der Waals surface area (Å²) in [7, 11) is 0. The first-order valence-corrected chi connectivity index (χ1v) is 7.72. The zero-order chi connectivity index (χ0) is 14.6. The Kier molecular flexibility index (Phi) is 4.68. The average molecular weight is 282 g/mol. The number of carboxylic acid groups (broad SMARTS) is 1. The molecule has 20 heavy (non-hydrogen) atoms. The Bertz CT molecular complexity index is 366. The van der Waals surface area contributed by atoms with Crippen LogP contribution in [0.25, 0.3) is 0 Å². The molecule has 0 aromatic heterocycles. The summed E-state index contributed by atoms with van der Waals surface area (Å²) in [6.07, 6.45) is 8.03. The molecule has 0 aromatic rings. The molecule has 2 aliphatic rings. The third-order valence-corrected chi connectivity index (χ3v) is 5.25. The Hall–Kier alpha value is -1.10. The lowest BCUT2D eigenvalue weighted by Gasteiger charge is -2.41. The maximum atomic E-state index is 12.3. The third kappa shape index (κ3) is 3.14. The summed E-state index contributed by atoms with van der Waals surface area (Å²) >= 11 is 0. The number of carboxylic acids is 1. The molecule has 0 spiro atoms. The Labute approximate surface area is 120 Å². The molecule has 114 valence electrons. The molecule has 0 saturated heterocycles. The van der Waals surface area contributed by atoms with Crippen LogP contribution in [0.15, 0.2) is 0 Å². The van der Waals surface area contributed by atoms with Gasteiger partial charge in [0.05, 0.1) is 11.8 Å². The van der Waals surface area contributed by atoms with E-state index in [2.05, 4.69) is 5.32 Å². The number of aliphatic carboxylic acids is 1. The van der Waals surface area contributed by atoms with Crippen LogP contribution in [0, 0.1) is 10.8 Å². The minimum atomic E-state index is -0.765. The lowest BCUT2D eigenvalue weighted by Crippen LogP contribution is -2.52. The van der Waals surface area contributed by atoms with Crippen molar-refractivity contribution in [1.82, 2.24) is 5.32 Å². The van der Waals surface area contributed by atoms with Gasteiger partial charge in [0.1, 0.15) is 0 Å². The van der Waals surface area contributed by atoms with Gasteiger partial charge in [0.25, 0.3) is 0 Å². The Morgan fingerprint density at radius 3 is 2.15 bits per heavy atom. The van der Waals surface area contributed by atoms with E-state index in [-0.39, 0.29) is 23.2 Å². The van der Waals surface area contributed by atoms with Crippen molar-refractivity contribution in [3.05, 3.63) is 0 Å². The molecule has 4 N–H and O–H groups in total. The molecule has 1 amide bonds. The van der Waals surface area contributed by atoms with Gasteiger partial charge in [-0.1, -0.05) is 25.7 Å². The van der Waals surface area contributed by atoms with E-state index in [1.165, 1.54) is 6.42 Å². The molecule has 0 aromatic carbocycles. The average Bonchev–Trinajstić information content (AvgIpc) is 2.36. The largest absolute Gasteiger partial charge is 0.481 e. The summed E-state index contributed by atoms with van der Waals surface area (Å²) in [6.45, 7) is 0.880. The first-order chi connectivity index (χ1) is 9.52. The molecule has 0 bridgehead atoms. The molecule has 2 saturated carbocycles. The molecule has 0 atom stereocenters. The van der Waals surface area contributed by atoms with Gasteiger partial charge in [-0.3, -0.25) is 9.59 Å². The van der Waals surface area contributed by atoms with Crippen molar-refractivity contribution in [2.24, 2.45) is 16.6 Å². The van der Waals surface area contributed by atoms with Crippen molar-refractivity contribution < 1.29 is 14.7 Å². The lowest BCUT2D eigenvalue weighted by atomic mass is 9.67. The van der Waals surface area contributed by atoms with E-state index in [1.54, 1.807) is 0 Å². The molecule has 5 heteroatoms.